The van der Waals surface area contributed by atoms with E-state index in [2.05, 4.69) is 0 Å². The largest absolute Gasteiger partial charge is 0.383 e. The van der Waals surface area contributed by atoms with Crippen LogP contribution >= 0.6 is 11.6 Å². The fourth-order valence-corrected chi connectivity index (χ4v) is 1.74. The van der Waals surface area contributed by atoms with Crippen LogP contribution in [0.15, 0.2) is 0 Å². The normalized spacial score (nSPS) is 10.7. The molecule has 0 N–H and O–H groups in total. The molecular formula is C11H22ClNO2. The summed E-state index contributed by atoms with van der Waals surface area (Å²) in [5.74, 6) is 0.818. The van der Waals surface area contributed by atoms with Gasteiger partial charge in [0.05, 0.1) is 6.61 Å². The predicted octanol–water partition coefficient (Wildman–Crippen LogP) is 2.14. The first-order chi connectivity index (χ1) is 7.21. The van der Waals surface area contributed by atoms with Gasteiger partial charge in [0, 0.05) is 32.0 Å². The molecule has 0 aliphatic carbocycles. The lowest BCUT2D eigenvalue weighted by Crippen LogP contribution is -2.39. The van der Waals surface area contributed by atoms with E-state index in [-0.39, 0.29) is 11.8 Å². The highest BCUT2D eigenvalue weighted by Gasteiger charge is 2.20. The van der Waals surface area contributed by atoms with Crippen molar-refractivity contribution in [1.29, 1.82) is 0 Å². The number of ether oxygens (including phenoxy) is 1. The Hall–Kier alpha value is -0.280. The summed E-state index contributed by atoms with van der Waals surface area (Å²) in [5, 5.41) is 0. The fourth-order valence-electron chi connectivity index (χ4n) is 1.53. The summed E-state index contributed by atoms with van der Waals surface area (Å²) < 4.78 is 4.98. The summed E-state index contributed by atoms with van der Waals surface area (Å²) in [6.07, 6.45) is 1.78. The van der Waals surface area contributed by atoms with Crippen LogP contribution in [0, 0.1) is 5.92 Å². The molecule has 0 aromatic heterocycles. The van der Waals surface area contributed by atoms with E-state index in [1.807, 2.05) is 13.8 Å². The third-order valence-corrected chi connectivity index (χ3v) is 2.74. The van der Waals surface area contributed by atoms with Crippen molar-refractivity contribution in [1.82, 2.24) is 4.90 Å². The molecule has 0 aromatic carbocycles. The molecule has 0 aliphatic rings. The molecule has 0 saturated carbocycles. The summed E-state index contributed by atoms with van der Waals surface area (Å²) in [4.78, 5) is 13.8. The number of halogens is 1. The topological polar surface area (TPSA) is 29.5 Å². The lowest BCUT2D eigenvalue weighted by molar-refractivity contribution is -0.136. The van der Waals surface area contributed by atoms with Crippen LogP contribution in [-0.2, 0) is 9.53 Å². The van der Waals surface area contributed by atoms with Gasteiger partial charge in [-0.3, -0.25) is 4.79 Å². The second-order valence-corrected chi connectivity index (χ2v) is 3.90. The maximum atomic E-state index is 12.0. The van der Waals surface area contributed by atoms with E-state index < -0.39 is 0 Å². The molecule has 0 aliphatic heterocycles. The average Bonchev–Trinajstić information content (AvgIpc) is 2.25. The number of carbonyl (C=O) groups is 1. The lowest BCUT2D eigenvalue weighted by Gasteiger charge is -2.25. The highest BCUT2D eigenvalue weighted by atomic mass is 35.5. The molecule has 0 rings (SSSR count). The monoisotopic (exact) mass is 235 g/mol. The van der Waals surface area contributed by atoms with Crippen LogP contribution in [0.4, 0.5) is 0 Å². The van der Waals surface area contributed by atoms with Gasteiger partial charge in [0.25, 0.3) is 0 Å². The van der Waals surface area contributed by atoms with E-state index in [4.69, 9.17) is 16.3 Å². The van der Waals surface area contributed by atoms with Gasteiger partial charge in [-0.2, -0.15) is 0 Å². The van der Waals surface area contributed by atoms with Crippen LogP contribution in [0.1, 0.15) is 26.7 Å². The van der Waals surface area contributed by atoms with E-state index in [9.17, 15) is 4.79 Å². The summed E-state index contributed by atoms with van der Waals surface area (Å²) in [5.41, 5.74) is 0. The Kier molecular flexibility index (Phi) is 8.82. The van der Waals surface area contributed by atoms with Crippen LogP contribution in [0.3, 0.4) is 0 Å². The standard InChI is InChI=1S/C11H22ClNO2/c1-4-10(5-2)11(14)13(7-6-12)8-9-15-3/h10H,4-9H2,1-3H3. The van der Waals surface area contributed by atoms with Crippen molar-refractivity contribution < 1.29 is 9.53 Å². The molecule has 0 bridgehead atoms. The van der Waals surface area contributed by atoms with Crippen LogP contribution in [0.2, 0.25) is 0 Å². The smallest absolute Gasteiger partial charge is 0.225 e. The van der Waals surface area contributed by atoms with Gasteiger partial charge in [-0.25, -0.2) is 0 Å². The molecular weight excluding hydrogens is 214 g/mol. The second-order valence-electron chi connectivity index (χ2n) is 3.52. The molecule has 4 heteroatoms. The first-order valence-corrected chi connectivity index (χ1v) is 6.08. The molecule has 0 radical (unpaired) electrons. The Bertz CT molecular complexity index is 172. The Labute approximate surface area is 97.7 Å². The van der Waals surface area contributed by atoms with Gasteiger partial charge in [0.1, 0.15) is 0 Å². The Balaban J connectivity index is 4.24. The first-order valence-electron chi connectivity index (χ1n) is 5.54. The minimum absolute atomic E-state index is 0.130. The van der Waals surface area contributed by atoms with E-state index in [1.54, 1.807) is 12.0 Å². The molecule has 0 spiro atoms. The summed E-state index contributed by atoms with van der Waals surface area (Å²) in [6, 6.07) is 0. The summed E-state index contributed by atoms with van der Waals surface area (Å²) in [6.45, 7) is 5.91. The molecule has 90 valence electrons. The molecule has 0 fully saturated rings. The number of nitrogens with zero attached hydrogens (tertiary/aromatic N) is 1. The third kappa shape index (κ3) is 5.38. The van der Waals surface area contributed by atoms with Crippen molar-refractivity contribution >= 4 is 17.5 Å². The van der Waals surface area contributed by atoms with E-state index in [0.29, 0.717) is 25.6 Å². The maximum absolute atomic E-state index is 12.0. The Morgan fingerprint density at radius 2 is 1.93 bits per heavy atom. The number of hydrogen-bond donors (Lipinski definition) is 0. The van der Waals surface area contributed by atoms with Gasteiger partial charge in [0.15, 0.2) is 0 Å². The number of rotatable bonds is 8. The van der Waals surface area contributed by atoms with Crippen molar-refractivity contribution in [2.24, 2.45) is 5.92 Å². The average molecular weight is 236 g/mol. The number of alkyl halides is 1. The molecule has 0 heterocycles. The molecule has 0 saturated heterocycles. The van der Waals surface area contributed by atoms with Crippen molar-refractivity contribution in [3.63, 3.8) is 0 Å². The minimum Gasteiger partial charge on any atom is -0.383 e. The predicted molar refractivity (Wildman–Crippen MR) is 63.2 cm³/mol. The summed E-state index contributed by atoms with van der Waals surface area (Å²) >= 11 is 5.68. The first kappa shape index (κ1) is 14.7. The molecule has 15 heavy (non-hydrogen) atoms. The zero-order valence-corrected chi connectivity index (χ0v) is 10.7. The summed E-state index contributed by atoms with van der Waals surface area (Å²) in [7, 11) is 1.64. The van der Waals surface area contributed by atoms with Gasteiger partial charge in [-0.1, -0.05) is 13.8 Å². The van der Waals surface area contributed by atoms with Crippen molar-refractivity contribution in [3.05, 3.63) is 0 Å². The molecule has 0 unspecified atom stereocenters. The zero-order valence-electron chi connectivity index (χ0n) is 9.96. The zero-order chi connectivity index (χ0) is 11.7. The van der Waals surface area contributed by atoms with Gasteiger partial charge in [-0.05, 0) is 12.8 Å². The Morgan fingerprint density at radius 1 is 1.33 bits per heavy atom. The molecule has 0 atom stereocenters. The highest BCUT2D eigenvalue weighted by molar-refractivity contribution is 6.18. The quantitative estimate of drug-likeness (QED) is 0.604. The van der Waals surface area contributed by atoms with Crippen LogP contribution in [-0.4, -0.2) is 43.5 Å². The van der Waals surface area contributed by atoms with Gasteiger partial charge in [-0.15, -0.1) is 11.6 Å². The van der Waals surface area contributed by atoms with Gasteiger partial charge < -0.3 is 9.64 Å². The number of methoxy groups -OCH3 is 1. The molecule has 0 aromatic rings. The van der Waals surface area contributed by atoms with Crippen molar-refractivity contribution in [3.8, 4) is 0 Å². The highest BCUT2D eigenvalue weighted by Crippen LogP contribution is 2.11. The van der Waals surface area contributed by atoms with Crippen molar-refractivity contribution in [2.75, 3.05) is 32.7 Å². The third-order valence-electron chi connectivity index (χ3n) is 2.57. The van der Waals surface area contributed by atoms with Crippen LogP contribution in [0.25, 0.3) is 0 Å². The van der Waals surface area contributed by atoms with Crippen LogP contribution in [0.5, 0.6) is 0 Å². The SMILES string of the molecule is CCC(CC)C(=O)N(CCCl)CCOC. The van der Waals surface area contributed by atoms with Gasteiger partial charge in [0.2, 0.25) is 5.91 Å². The number of carbonyl (C=O) groups excluding carboxylic acids is 1. The van der Waals surface area contributed by atoms with E-state index in [1.165, 1.54) is 0 Å². The van der Waals surface area contributed by atoms with Crippen molar-refractivity contribution in [2.45, 2.75) is 26.7 Å². The fraction of sp³-hybridized carbons (Fsp3) is 0.909. The van der Waals surface area contributed by atoms with E-state index in [0.717, 1.165) is 12.8 Å². The number of amides is 1. The minimum atomic E-state index is 0.130. The lowest BCUT2D eigenvalue weighted by atomic mass is 10.0. The second kappa shape index (κ2) is 8.98. The number of hydrogen-bond acceptors (Lipinski definition) is 2. The maximum Gasteiger partial charge on any atom is 0.225 e. The van der Waals surface area contributed by atoms with Crippen LogP contribution < -0.4 is 0 Å². The molecule has 3 nitrogen and oxygen atoms in total. The van der Waals surface area contributed by atoms with E-state index >= 15 is 0 Å². The Morgan fingerprint density at radius 3 is 2.33 bits per heavy atom. The molecule has 1 amide bonds. The van der Waals surface area contributed by atoms with Gasteiger partial charge >= 0.3 is 0 Å².